The molecule has 1 heterocycles. The molecule has 0 aliphatic carbocycles. The van der Waals surface area contributed by atoms with Gasteiger partial charge in [-0.05, 0) is 42.3 Å². The minimum absolute atomic E-state index is 0.0611. The highest BCUT2D eigenvalue weighted by Crippen LogP contribution is 2.41. The van der Waals surface area contributed by atoms with Crippen LogP contribution in [0.4, 0.5) is 4.79 Å². The van der Waals surface area contributed by atoms with Crippen LogP contribution in [0.1, 0.15) is 24.5 Å². The van der Waals surface area contributed by atoms with E-state index in [-0.39, 0.29) is 13.2 Å². The van der Waals surface area contributed by atoms with Gasteiger partial charge in [0.1, 0.15) is 24.5 Å². The van der Waals surface area contributed by atoms with E-state index in [1.165, 1.54) is 16.7 Å². The van der Waals surface area contributed by atoms with Crippen molar-refractivity contribution in [3.63, 3.8) is 0 Å². The van der Waals surface area contributed by atoms with E-state index in [1.807, 2.05) is 67.6 Å². The van der Waals surface area contributed by atoms with Gasteiger partial charge < -0.3 is 9.47 Å². The van der Waals surface area contributed by atoms with Gasteiger partial charge in [0.25, 0.3) is 10.1 Å². The van der Waals surface area contributed by atoms with E-state index in [0.717, 1.165) is 27.4 Å². The molecule has 4 rings (SSSR count). The van der Waals surface area contributed by atoms with E-state index in [1.54, 1.807) is 12.1 Å². The first-order valence-electron chi connectivity index (χ1n) is 11.7. The number of ether oxygens (including phenoxy) is 2. The molecule has 196 valence electrons. The number of carbonyl (C=O) groups is 1. The molecule has 3 aromatic carbocycles. The molecule has 0 radical (unpaired) electrons. The Morgan fingerprint density at radius 3 is 2.51 bits per heavy atom. The molecule has 7 nitrogen and oxygen atoms in total. The molecule has 37 heavy (non-hydrogen) atoms. The molecule has 1 atom stereocenters. The standard InChI is InChI=1S/C27H28ClNO6S2/c1-3-14-29-26(30)34-18-27(29,19-35-37(2,31)32)24-13-12-23(16-25(24)28)36-22-11-7-10-21(15-22)33-17-20-8-5-4-6-9-20/h4-13,15-16H,3,14,17-19H2,1-2H3. The normalized spacial score (nSPS) is 17.6. The van der Waals surface area contributed by atoms with Gasteiger partial charge in [0.2, 0.25) is 0 Å². The fraction of sp³-hybridized carbons (Fsp3) is 0.296. The minimum Gasteiger partial charge on any atom is -0.489 e. The van der Waals surface area contributed by atoms with Gasteiger partial charge in [0.05, 0.1) is 12.9 Å². The van der Waals surface area contributed by atoms with Crippen LogP contribution >= 0.6 is 23.4 Å². The molecule has 1 aliphatic heterocycles. The third-order valence-electron chi connectivity index (χ3n) is 5.86. The Labute approximate surface area is 226 Å². The van der Waals surface area contributed by atoms with Gasteiger partial charge in [-0.15, -0.1) is 0 Å². The molecule has 0 saturated carbocycles. The Balaban J connectivity index is 1.55. The smallest absolute Gasteiger partial charge is 0.410 e. The number of hydrogen-bond acceptors (Lipinski definition) is 7. The van der Waals surface area contributed by atoms with Crippen LogP contribution in [0, 0.1) is 0 Å². The van der Waals surface area contributed by atoms with Crippen molar-refractivity contribution in [3.05, 3.63) is 88.9 Å². The van der Waals surface area contributed by atoms with Crippen LogP contribution in [0.25, 0.3) is 0 Å². The van der Waals surface area contributed by atoms with E-state index in [2.05, 4.69) is 0 Å². The molecule has 1 aliphatic rings. The Morgan fingerprint density at radius 1 is 1.05 bits per heavy atom. The summed E-state index contributed by atoms with van der Waals surface area (Å²) in [6, 6.07) is 23.2. The van der Waals surface area contributed by atoms with Crippen LogP contribution in [0.5, 0.6) is 5.75 Å². The van der Waals surface area contributed by atoms with E-state index in [0.29, 0.717) is 30.2 Å². The first kappa shape index (κ1) is 27.3. The molecule has 1 unspecified atom stereocenters. The molecule has 0 spiro atoms. The van der Waals surface area contributed by atoms with Crippen molar-refractivity contribution in [2.45, 2.75) is 35.3 Å². The van der Waals surface area contributed by atoms with Crippen molar-refractivity contribution in [1.29, 1.82) is 0 Å². The van der Waals surface area contributed by atoms with E-state index >= 15 is 0 Å². The number of cyclic esters (lactones) is 1. The number of nitrogens with zero attached hydrogens (tertiary/aromatic N) is 1. The molecule has 0 bridgehead atoms. The van der Waals surface area contributed by atoms with Gasteiger partial charge in [0.15, 0.2) is 0 Å². The summed E-state index contributed by atoms with van der Waals surface area (Å²) in [5, 5.41) is 0.387. The van der Waals surface area contributed by atoms with Crippen molar-refractivity contribution in [1.82, 2.24) is 4.90 Å². The van der Waals surface area contributed by atoms with Gasteiger partial charge in [-0.1, -0.05) is 72.8 Å². The predicted octanol–water partition coefficient (Wildman–Crippen LogP) is 6.10. The Hall–Kier alpha value is -2.72. The van der Waals surface area contributed by atoms with Gasteiger partial charge in [-0.3, -0.25) is 9.08 Å². The third-order valence-corrected chi connectivity index (χ3v) is 7.70. The maximum absolute atomic E-state index is 12.5. The van der Waals surface area contributed by atoms with Crippen LogP contribution in [-0.2, 0) is 31.2 Å². The lowest BCUT2D eigenvalue weighted by molar-refractivity contribution is 0.0997. The van der Waals surface area contributed by atoms with E-state index in [9.17, 15) is 13.2 Å². The second kappa shape index (κ2) is 11.8. The maximum atomic E-state index is 12.5. The average molecular weight is 562 g/mol. The van der Waals surface area contributed by atoms with Crippen molar-refractivity contribution >= 4 is 39.6 Å². The first-order chi connectivity index (χ1) is 17.7. The second-order valence-electron chi connectivity index (χ2n) is 8.70. The number of amides is 1. The zero-order valence-corrected chi connectivity index (χ0v) is 22.9. The lowest BCUT2D eigenvalue weighted by atomic mass is 9.90. The molecule has 1 amide bonds. The highest BCUT2D eigenvalue weighted by Gasteiger charge is 2.50. The SMILES string of the molecule is CCCN1C(=O)OCC1(COS(C)(=O)=O)c1ccc(Sc2cccc(OCc3ccccc3)c2)cc1Cl. The monoisotopic (exact) mass is 561 g/mol. The zero-order valence-electron chi connectivity index (χ0n) is 20.6. The third kappa shape index (κ3) is 6.78. The molecule has 1 saturated heterocycles. The molecule has 0 aromatic heterocycles. The lowest BCUT2D eigenvalue weighted by Gasteiger charge is -2.35. The van der Waals surface area contributed by atoms with Crippen molar-refractivity contribution < 1.29 is 26.9 Å². The fourth-order valence-electron chi connectivity index (χ4n) is 4.11. The van der Waals surface area contributed by atoms with Crippen LogP contribution < -0.4 is 4.74 Å². The lowest BCUT2D eigenvalue weighted by Crippen LogP contribution is -2.49. The number of benzene rings is 3. The summed E-state index contributed by atoms with van der Waals surface area (Å²) >= 11 is 8.25. The van der Waals surface area contributed by atoms with Gasteiger partial charge in [-0.2, -0.15) is 8.42 Å². The summed E-state index contributed by atoms with van der Waals surface area (Å²) in [7, 11) is -3.75. The summed E-state index contributed by atoms with van der Waals surface area (Å²) in [5.41, 5.74) is 0.506. The zero-order chi connectivity index (χ0) is 26.5. The van der Waals surface area contributed by atoms with Crippen molar-refractivity contribution in [2.75, 3.05) is 26.0 Å². The largest absolute Gasteiger partial charge is 0.489 e. The van der Waals surface area contributed by atoms with Gasteiger partial charge in [0, 0.05) is 26.9 Å². The Kier molecular flexibility index (Phi) is 8.69. The number of halogens is 1. The van der Waals surface area contributed by atoms with Crippen LogP contribution in [-0.4, -0.2) is 45.4 Å². The Morgan fingerprint density at radius 2 is 1.81 bits per heavy atom. The maximum Gasteiger partial charge on any atom is 0.410 e. The number of hydrogen-bond donors (Lipinski definition) is 0. The number of rotatable bonds is 11. The summed E-state index contributed by atoms with van der Waals surface area (Å²) in [6.45, 7) is 2.42. The van der Waals surface area contributed by atoms with Crippen molar-refractivity contribution in [3.8, 4) is 5.75 Å². The average Bonchev–Trinajstić information content (AvgIpc) is 3.18. The van der Waals surface area contributed by atoms with Gasteiger partial charge in [-0.25, -0.2) is 4.79 Å². The summed E-state index contributed by atoms with van der Waals surface area (Å²) in [6.07, 6.45) is 1.10. The van der Waals surface area contributed by atoms with E-state index in [4.69, 9.17) is 25.3 Å². The fourth-order valence-corrected chi connectivity index (χ4v) is 5.84. The van der Waals surface area contributed by atoms with Crippen LogP contribution in [0.2, 0.25) is 5.02 Å². The molecule has 1 fully saturated rings. The highest BCUT2D eigenvalue weighted by molar-refractivity contribution is 7.99. The first-order valence-corrected chi connectivity index (χ1v) is 14.7. The predicted molar refractivity (Wildman–Crippen MR) is 144 cm³/mol. The summed E-state index contributed by atoms with van der Waals surface area (Å²) in [5.74, 6) is 0.755. The van der Waals surface area contributed by atoms with Crippen LogP contribution in [0.3, 0.4) is 0 Å². The minimum atomic E-state index is -3.75. The molecular formula is C27H28ClNO6S2. The summed E-state index contributed by atoms with van der Waals surface area (Å²) in [4.78, 5) is 15.9. The molecule has 3 aromatic rings. The highest BCUT2D eigenvalue weighted by atomic mass is 35.5. The second-order valence-corrected chi connectivity index (χ2v) is 11.9. The molecule has 0 N–H and O–H groups in total. The summed E-state index contributed by atoms with van der Waals surface area (Å²) < 4.78 is 40.0. The van der Waals surface area contributed by atoms with Crippen LogP contribution in [0.15, 0.2) is 82.6 Å². The van der Waals surface area contributed by atoms with Gasteiger partial charge >= 0.3 is 6.09 Å². The molecular weight excluding hydrogens is 534 g/mol. The quantitative estimate of drug-likeness (QED) is 0.261. The topological polar surface area (TPSA) is 82.1 Å². The molecule has 10 heteroatoms. The number of carbonyl (C=O) groups excluding carboxylic acids is 1. The van der Waals surface area contributed by atoms with Crippen molar-refractivity contribution in [2.24, 2.45) is 0 Å². The van der Waals surface area contributed by atoms with E-state index < -0.39 is 21.8 Å². The Bertz CT molecular complexity index is 1350.